The Bertz CT molecular complexity index is 327. The maximum atomic E-state index is 5.44. The number of nitrogens with two attached hydrogens (primary N) is 1. The Morgan fingerprint density at radius 2 is 2.56 bits per heavy atom. The van der Waals surface area contributed by atoms with Crippen molar-refractivity contribution < 1.29 is 9.15 Å². The maximum absolute atomic E-state index is 5.44. The molecule has 5 heteroatoms. The van der Waals surface area contributed by atoms with Gasteiger partial charge in [-0.1, -0.05) is 0 Å². The Morgan fingerprint density at radius 1 is 1.69 bits per heavy atom. The Morgan fingerprint density at radius 3 is 3.19 bits per heavy atom. The smallest absolute Gasteiger partial charge is 0.393 e. The number of likely N-dealkylation sites (tertiary alicyclic amines) is 1. The first-order chi connectivity index (χ1) is 7.79. The van der Waals surface area contributed by atoms with Crippen LogP contribution >= 0.6 is 0 Å². The van der Waals surface area contributed by atoms with Crippen LogP contribution in [0.25, 0.3) is 0 Å². The lowest BCUT2D eigenvalue weighted by atomic mass is 10.2. The summed E-state index contributed by atoms with van der Waals surface area (Å²) in [6.07, 6.45) is 5.45. The van der Waals surface area contributed by atoms with E-state index in [9.17, 15) is 0 Å². The zero-order valence-electron chi connectivity index (χ0n) is 9.69. The summed E-state index contributed by atoms with van der Waals surface area (Å²) < 4.78 is 10.6. The summed E-state index contributed by atoms with van der Waals surface area (Å²) in [5.41, 5.74) is 6.15. The van der Waals surface area contributed by atoms with Crippen molar-refractivity contribution in [3.05, 3.63) is 12.0 Å². The van der Waals surface area contributed by atoms with Crippen LogP contribution in [0.4, 0.5) is 0 Å². The first-order valence-corrected chi connectivity index (χ1v) is 5.77. The van der Waals surface area contributed by atoms with E-state index in [4.69, 9.17) is 14.9 Å². The second-order valence-corrected chi connectivity index (χ2v) is 4.22. The van der Waals surface area contributed by atoms with Crippen LogP contribution in [0.5, 0.6) is 6.08 Å². The minimum atomic E-state index is 0.334. The van der Waals surface area contributed by atoms with Gasteiger partial charge in [0.1, 0.15) is 6.26 Å². The van der Waals surface area contributed by atoms with E-state index in [0.717, 1.165) is 12.1 Å². The molecule has 90 valence electrons. The normalized spacial score (nSPS) is 21.5. The van der Waals surface area contributed by atoms with E-state index in [1.165, 1.54) is 25.6 Å². The molecule has 0 spiro atoms. The molecule has 1 saturated heterocycles. The number of aromatic nitrogens is 1. The van der Waals surface area contributed by atoms with Crippen molar-refractivity contribution in [2.24, 2.45) is 5.73 Å². The molecule has 1 fully saturated rings. The fourth-order valence-corrected chi connectivity index (χ4v) is 2.07. The molecule has 2 heterocycles. The summed E-state index contributed by atoms with van der Waals surface area (Å²) in [6.45, 7) is 2.23. The lowest BCUT2D eigenvalue weighted by Gasteiger charge is -2.18. The molecule has 2 N–H and O–H groups in total. The highest BCUT2D eigenvalue weighted by Crippen LogP contribution is 2.18. The number of ether oxygens (including phenoxy) is 1. The van der Waals surface area contributed by atoms with Crippen LogP contribution < -0.4 is 10.5 Å². The quantitative estimate of drug-likeness (QED) is 0.809. The molecule has 0 radical (unpaired) electrons. The molecule has 0 bridgehead atoms. The van der Waals surface area contributed by atoms with E-state index in [1.54, 1.807) is 0 Å². The molecular weight excluding hydrogens is 206 g/mol. The standard InChI is InChI=1S/C11H19N3O2/c1-14-5-2-3-10(14)4-6-15-11-13-9(7-12)8-16-11/h8,10H,2-7,12H2,1H3. The van der Waals surface area contributed by atoms with E-state index < -0.39 is 0 Å². The van der Waals surface area contributed by atoms with Crippen molar-refractivity contribution in [2.75, 3.05) is 20.2 Å². The van der Waals surface area contributed by atoms with Gasteiger partial charge in [-0.05, 0) is 32.9 Å². The highest BCUT2D eigenvalue weighted by atomic mass is 16.6. The Labute approximate surface area is 95.6 Å². The number of oxazole rings is 1. The SMILES string of the molecule is CN1CCCC1CCOc1nc(CN)co1. The van der Waals surface area contributed by atoms with Crippen molar-refractivity contribution in [3.8, 4) is 6.08 Å². The van der Waals surface area contributed by atoms with Crippen LogP contribution in [0, 0.1) is 0 Å². The monoisotopic (exact) mass is 225 g/mol. The van der Waals surface area contributed by atoms with Crippen LogP contribution in [0.15, 0.2) is 10.7 Å². The topological polar surface area (TPSA) is 64.5 Å². The summed E-state index contributed by atoms with van der Waals surface area (Å²) in [4.78, 5) is 6.46. The third kappa shape index (κ3) is 2.74. The maximum Gasteiger partial charge on any atom is 0.393 e. The fraction of sp³-hybridized carbons (Fsp3) is 0.727. The lowest BCUT2D eigenvalue weighted by molar-refractivity contribution is 0.192. The molecule has 1 aliphatic heterocycles. The van der Waals surface area contributed by atoms with Gasteiger partial charge in [0.2, 0.25) is 0 Å². The first kappa shape index (κ1) is 11.4. The van der Waals surface area contributed by atoms with Gasteiger partial charge in [0.05, 0.1) is 12.3 Å². The van der Waals surface area contributed by atoms with Gasteiger partial charge in [-0.2, -0.15) is 4.98 Å². The lowest BCUT2D eigenvalue weighted by Crippen LogP contribution is -2.26. The third-order valence-corrected chi connectivity index (χ3v) is 3.09. The van der Waals surface area contributed by atoms with Gasteiger partial charge in [-0.15, -0.1) is 0 Å². The average molecular weight is 225 g/mol. The number of nitrogens with zero attached hydrogens (tertiary/aromatic N) is 2. The molecule has 16 heavy (non-hydrogen) atoms. The molecule has 1 aliphatic rings. The molecule has 1 atom stereocenters. The van der Waals surface area contributed by atoms with E-state index in [0.29, 0.717) is 25.3 Å². The highest BCUT2D eigenvalue weighted by molar-refractivity contribution is 4.98. The molecule has 1 unspecified atom stereocenters. The van der Waals surface area contributed by atoms with E-state index in [1.807, 2.05) is 0 Å². The van der Waals surface area contributed by atoms with Crippen molar-refractivity contribution in [2.45, 2.75) is 31.8 Å². The zero-order chi connectivity index (χ0) is 11.4. The fourth-order valence-electron chi connectivity index (χ4n) is 2.07. The molecule has 5 nitrogen and oxygen atoms in total. The molecule has 1 aromatic rings. The van der Waals surface area contributed by atoms with Crippen LogP contribution in [0.3, 0.4) is 0 Å². The van der Waals surface area contributed by atoms with Gasteiger partial charge >= 0.3 is 6.08 Å². The van der Waals surface area contributed by atoms with Crippen LogP contribution in [0.2, 0.25) is 0 Å². The first-order valence-electron chi connectivity index (χ1n) is 5.77. The third-order valence-electron chi connectivity index (χ3n) is 3.09. The van der Waals surface area contributed by atoms with Gasteiger partial charge in [0.25, 0.3) is 0 Å². The van der Waals surface area contributed by atoms with Crippen molar-refractivity contribution >= 4 is 0 Å². The van der Waals surface area contributed by atoms with Crippen LogP contribution in [-0.2, 0) is 6.54 Å². The van der Waals surface area contributed by atoms with Crippen molar-refractivity contribution in [1.82, 2.24) is 9.88 Å². The average Bonchev–Trinajstić information content (AvgIpc) is 2.89. The molecule has 0 aliphatic carbocycles. The van der Waals surface area contributed by atoms with Gasteiger partial charge in [-0.25, -0.2) is 0 Å². The minimum absolute atomic E-state index is 0.334. The Balaban J connectivity index is 1.71. The molecule has 2 rings (SSSR count). The van der Waals surface area contributed by atoms with Crippen molar-refractivity contribution in [3.63, 3.8) is 0 Å². The largest absolute Gasteiger partial charge is 0.450 e. The summed E-state index contributed by atoms with van der Waals surface area (Å²) in [7, 11) is 2.16. The predicted molar refractivity (Wildman–Crippen MR) is 60.2 cm³/mol. The van der Waals surface area contributed by atoms with Crippen LogP contribution in [0.1, 0.15) is 25.0 Å². The Hall–Kier alpha value is -1.07. The minimum Gasteiger partial charge on any atom is -0.450 e. The number of rotatable bonds is 5. The van der Waals surface area contributed by atoms with E-state index in [2.05, 4.69) is 16.9 Å². The number of hydrogen-bond acceptors (Lipinski definition) is 5. The molecule has 0 amide bonds. The van der Waals surface area contributed by atoms with Gasteiger partial charge in [0, 0.05) is 12.6 Å². The molecular formula is C11H19N3O2. The van der Waals surface area contributed by atoms with Crippen molar-refractivity contribution in [1.29, 1.82) is 0 Å². The predicted octanol–water partition coefficient (Wildman–Crippen LogP) is 0.996. The van der Waals surface area contributed by atoms with Gasteiger partial charge in [-0.3, -0.25) is 0 Å². The number of hydrogen-bond donors (Lipinski definition) is 1. The highest BCUT2D eigenvalue weighted by Gasteiger charge is 2.20. The summed E-state index contributed by atoms with van der Waals surface area (Å²) in [5.74, 6) is 0. The molecule has 0 aromatic carbocycles. The zero-order valence-corrected chi connectivity index (χ0v) is 9.69. The van der Waals surface area contributed by atoms with Crippen LogP contribution in [-0.4, -0.2) is 36.1 Å². The second-order valence-electron chi connectivity index (χ2n) is 4.22. The van der Waals surface area contributed by atoms with Gasteiger partial charge in [0.15, 0.2) is 0 Å². The van der Waals surface area contributed by atoms with E-state index in [-0.39, 0.29) is 0 Å². The summed E-state index contributed by atoms with van der Waals surface area (Å²) >= 11 is 0. The van der Waals surface area contributed by atoms with Gasteiger partial charge < -0.3 is 19.8 Å². The Kier molecular flexibility index (Phi) is 3.79. The second kappa shape index (κ2) is 5.32. The molecule has 1 aromatic heterocycles. The molecule has 0 saturated carbocycles. The van der Waals surface area contributed by atoms with E-state index >= 15 is 0 Å². The summed E-state index contributed by atoms with van der Waals surface area (Å²) in [5, 5.41) is 0. The summed E-state index contributed by atoms with van der Waals surface area (Å²) in [6, 6.07) is 0.643.